The van der Waals surface area contributed by atoms with Crippen LogP contribution in [0.15, 0.2) is 41.8 Å². The number of rotatable bonds is 6. The summed E-state index contributed by atoms with van der Waals surface area (Å²) in [6, 6.07) is 10.5. The molecule has 1 fully saturated rings. The third kappa shape index (κ3) is 4.15. The standard InChI is InChI=1S/C23H25FN4O2S/c24-16-6-8-17(9-7-16)28-19-4-1-3-18(19)22(26-28)23(29)25-15-20(21-5-2-14-31-21)27-10-12-30-13-11-27/h2,5-9,14,20H,1,3-4,10-13,15H2,(H,25,29)/t20-/m1/s1. The van der Waals surface area contributed by atoms with E-state index in [1.807, 2.05) is 6.07 Å². The number of morpholine rings is 1. The van der Waals surface area contributed by atoms with Crippen LogP contribution in [0.4, 0.5) is 4.39 Å². The number of halogens is 1. The zero-order chi connectivity index (χ0) is 21.2. The third-order valence-corrected chi connectivity index (χ3v) is 7.00. The number of amides is 1. The summed E-state index contributed by atoms with van der Waals surface area (Å²) < 4.78 is 20.7. The van der Waals surface area contributed by atoms with E-state index in [2.05, 4.69) is 26.8 Å². The maximum absolute atomic E-state index is 13.4. The van der Waals surface area contributed by atoms with E-state index in [0.29, 0.717) is 25.5 Å². The van der Waals surface area contributed by atoms with Gasteiger partial charge in [0.25, 0.3) is 5.91 Å². The maximum Gasteiger partial charge on any atom is 0.272 e. The van der Waals surface area contributed by atoms with Gasteiger partial charge in [0, 0.05) is 35.8 Å². The van der Waals surface area contributed by atoms with Crippen LogP contribution in [0.5, 0.6) is 0 Å². The van der Waals surface area contributed by atoms with Crippen LogP contribution in [-0.2, 0) is 17.6 Å². The fourth-order valence-electron chi connectivity index (χ4n) is 4.47. The number of carbonyl (C=O) groups is 1. The Morgan fingerprint density at radius 1 is 1.19 bits per heavy atom. The molecule has 162 valence electrons. The minimum Gasteiger partial charge on any atom is -0.379 e. The van der Waals surface area contributed by atoms with Gasteiger partial charge in [0.2, 0.25) is 0 Å². The maximum atomic E-state index is 13.4. The summed E-state index contributed by atoms with van der Waals surface area (Å²) >= 11 is 1.71. The molecule has 31 heavy (non-hydrogen) atoms. The topological polar surface area (TPSA) is 59.4 Å². The van der Waals surface area contributed by atoms with Gasteiger partial charge in [-0.2, -0.15) is 5.10 Å². The summed E-state index contributed by atoms with van der Waals surface area (Å²) in [5.74, 6) is -0.429. The summed E-state index contributed by atoms with van der Waals surface area (Å²) in [7, 11) is 0. The van der Waals surface area contributed by atoms with Gasteiger partial charge >= 0.3 is 0 Å². The average molecular weight is 441 g/mol. The first-order valence-corrected chi connectivity index (χ1v) is 11.6. The fourth-order valence-corrected chi connectivity index (χ4v) is 5.33. The van der Waals surface area contributed by atoms with Gasteiger partial charge in [0.1, 0.15) is 5.82 Å². The molecule has 1 amide bonds. The second-order valence-corrected chi connectivity index (χ2v) is 8.88. The first-order chi connectivity index (χ1) is 15.2. The SMILES string of the molecule is O=C(NC[C@H](c1cccs1)N1CCOCC1)c1nn(-c2ccc(F)cc2)c2c1CCC2. The normalized spacial score (nSPS) is 17.5. The molecule has 1 atom stereocenters. The number of fused-ring (bicyclic) bond motifs is 1. The highest BCUT2D eigenvalue weighted by Crippen LogP contribution is 2.29. The lowest BCUT2D eigenvalue weighted by molar-refractivity contribution is 0.0169. The first kappa shape index (κ1) is 20.4. The van der Waals surface area contributed by atoms with Gasteiger partial charge in [-0.3, -0.25) is 9.69 Å². The van der Waals surface area contributed by atoms with Gasteiger partial charge in [-0.05, 0) is 55.0 Å². The summed E-state index contributed by atoms with van der Waals surface area (Å²) in [5.41, 5.74) is 3.34. The fraction of sp³-hybridized carbons (Fsp3) is 0.391. The number of hydrogen-bond donors (Lipinski definition) is 1. The Kier molecular flexibility index (Phi) is 5.85. The minimum absolute atomic E-state index is 0.125. The van der Waals surface area contributed by atoms with E-state index in [0.717, 1.165) is 49.3 Å². The van der Waals surface area contributed by atoms with Crippen molar-refractivity contribution in [2.24, 2.45) is 0 Å². The second kappa shape index (κ2) is 8.90. The molecule has 0 unspecified atom stereocenters. The lowest BCUT2D eigenvalue weighted by Gasteiger charge is -2.34. The molecule has 0 bridgehead atoms. The number of benzene rings is 1. The number of thiophene rings is 1. The Balaban J connectivity index is 1.36. The molecule has 1 N–H and O–H groups in total. The monoisotopic (exact) mass is 440 g/mol. The third-order valence-electron chi connectivity index (χ3n) is 6.03. The van der Waals surface area contributed by atoms with Crippen LogP contribution >= 0.6 is 11.3 Å². The molecule has 0 saturated carbocycles. The largest absolute Gasteiger partial charge is 0.379 e. The lowest BCUT2D eigenvalue weighted by atomic mass is 10.1. The molecule has 8 heteroatoms. The number of ether oxygens (including phenoxy) is 1. The summed E-state index contributed by atoms with van der Waals surface area (Å²) in [5, 5.41) is 9.84. The number of carbonyl (C=O) groups excluding carboxylic acids is 1. The molecular formula is C23H25FN4O2S. The molecule has 0 spiro atoms. The van der Waals surface area contributed by atoms with Crippen LogP contribution in [0.3, 0.4) is 0 Å². The first-order valence-electron chi connectivity index (χ1n) is 10.7. The predicted octanol–water partition coefficient (Wildman–Crippen LogP) is 3.36. The number of nitrogens with zero attached hydrogens (tertiary/aromatic N) is 3. The quantitative estimate of drug-likeness (QED) is 0.639. The van der Waals surface area contributed by atoms with E-state index in [1.165, 1.54) is 17.0 Å². The lowest BCUT2D eigenvalue weighted by Crippen LogP contribution is -2.43. The van der Waals surface area contributed by atoms with Crippen LogP contribution in [-0.4, -0.2) is 53.4 Å². The van der Waals surface area contributed by atoms with Crippen molar-refractivity contribution in [2.75, 3.05) is 32.8 Å². The van der Waals surface area contributed by atoms with Crippen molar-refractivity contribution in [3.05, 3.63) is 69.4 Å². The Labute approximate surface area is 184 Å². The molecule has 3 heterocycles. The molecule has 1 aromatic carbocycles. The molecule has 0 radical (unpaired) electrons. The average Bonchev–Trinajstić information content (AvgIpc) is 3.54. The molecule has 1 aliphatic carbocycles. The summed E-state index contributed by atoms with van der Waals surface area (Å²) in [6.07, 6.45) is 2.72. The van der Waals surface area contributed by atoms with Gasteiger partial charge < -0.3 is 10.1 Å². The van der Waals surface area contributed by atoms with Crippen LogP contribution in [0, 0.1) is 5.82 Å². The van der Waals surface area contributed by atoms with E-state index >= 15 is 0 Å². The highest BCUT2D eigenvalue weighted by atomic mass is 32.1. The van der Waals surface area contributed by atoms with E-state index in [4.69, 9.17) is 4.74 Å². The van der Waals surface area contributed by atoms with Crippen molar-refractivity contribution >= 4 is 17.2 Å². The minimum atomic E-state index is -0.284. The van der Waals surface area contributed by atoms with Crippen LogP contribution in [0.25, 0.3) is 5.69 Å². The molecule has 1 saturated heterocycles. The van der Waals surface area contributed by atoms with Crippen molar-refractivity contribution in [2.45, 2.75) is 25.3 Å². The van der Waals surface area contributed by atoms with Crippen LogP contribution < -0.4 is 5.32 Å². The second-order valence-electron chi connectivity index (χ2n) is 7.91. The number of nitrogens with one attached hydrogen (secondary N) is 1. The highest BCUT2D eigenvalue weighted by Gasteiger charge is 2.29. The molecule has 3 aromatic rings. The van der Waals surface area contributed by atoms with Crippen molar-refractivity contribution < 1.29 is 13.9 Å². The smallest absolute Gasteiger partial charge is 0.272 e. The van der Waals surface area contributed by atoms with E-state index < -0.39 is 0 Å². The van der Waals surface area contributed by atoms with Crippen LogP contribution in [0.2, 0.25) is 0 Å². The molecular weight excluding hydrogens is 415 g/mol. The Hall–Kier alpha value is -2.55. The highest BCUT2D eigenvalue weighted by molar-refractivity contribution is 7.10. The number of aromatic nitrogens is 2. The predicted molar refractivity (Wildman–Crippen MR) is 117 cm³/mol. The van der Waals surface area contributed by atoms with Crippen molar-refractivity contribution in [3.63, 3.8) is 0 Å². The summed E-state index contributed by atoms with van der Waals surface area (Å²) in [4.78, 5) is 16.8. The van der Waals surface area contributed by atoms with Gasteiger partial charge in [0.05, 0.1) is 24.9 Å². The van der Waals surface area contributed by atoms with Gasteiger partial charge in [-0.25, -0.2) is 9.07 Å². The van der Waals surface area contributed by atoms with Crippen LogP contribution in [0.1, 0.15) is 39.1 Å². The molecule has 5 rings (SSSR count). The van der Waals surface area contributed by atoms with Crippen molar-refractivity contribution in [1.82, 2.24) is 20.0 Å². The van der Waals surface area contributed by atoms with E-state index in [-0.39, 0.29) is 17.8 Å². The zero-order valence-corrected chi connectivity index (χ0v) is 18.0. The van der Waals surface area contributed by atoms with Gasteiger partial charge in [-0.15, -0.1) is 11.3 Å². The zero-order valence-electron chi connectivity index (χ0n) is 17.2. The van der Waals surface area contributed by atoms with Crippen molar-refractivity contribution in [1.29, 1.82) is 0 Å². The molecule has 2 aliphatic rings. The van der Waals surface area contributed by atoms with E-state index in [9.17, 15) is 9.18 Å². The summed E-state index contributed by atoms with van der Waals surface area (Å²) in [6.45, 7) is 3.66. The van der Waals surface area contributed by atoms with Gasteiger partial charge in [0.15, 0.2) is 5.69 Å². The Morgan fingerprint density at radius 2 is 2.00 bits per heavy atom. The Morgan fingerprint density at radius 3 is 2.74 bits per heavy atom. The number of hydrogen-bond acceptors (Lipinski definition) is 5. The van der Waals surface area contributed by atoms with E-state index in [1.54, 1.807) is 28.2 Å². The van der Waals surface area contributed by atoms with Crippen molar-refractivity contribution in [3.8, 4) is 5.69 Å². The van der Waals surface area contributed by atoms with Gasteiger partial charge in [-0.1, -0.05) is 6.07 Å². The molecule has 2 aromatic heterocycles. The molecule has 6 nitrogen and oxygen atoms in total. The Bertz CT molecular complexity index is 1040. The molecule has 1 aliphatic heterocycles.